The highest BCUT2D eigenvalue weighted by atomic mass is 32.1. The third-order valence-electron chi connectivity index (χ3n) is 5.34. The lowest BCUT2D eigenvalue weighted by molar-refractivity contribution is -0.125. The first-order valence-electron chi connectivity index (χ1n) is 10.1. The number of carbonyl (C=O) groups excluding carboxylic acids is 1. The highest BCUT2D eigenvalue weighted by Crippen LogP contribution is 2.39. The lowest BCUT2D eigenvalue weighted by Gasteiger charge is -2.32. The summed E-state index contributed by atoms with van der Waals surface area (Å²) in [6.07, 6.45) is 3.90. The van der Waals surface area contributed by atoms with Gasteiger partial charge in [0.15, 0.2) is 0 Å². The second kappa shape index (κ2) is 9.00. The number of halogens is 1. The van der Waals surface area contributed by atoms with Crippen molar-refractivity contribution in [2.75, 3.05) is 37.7 Å². The van der Waals surface area contributed by atoms with Gasteiger partial charge in [-0.15, -0.1) is 11.3 Å². The van der Waals surface area contributed by atoms with E-state index in [0.29, 0.717) is 30.7 Å². The van der Waals surface area contributed by atoms with Crippen molar-refractivity contribution in [3.63, 3.8) is 0 Å². The van der Waals surface area contributed by atoms with Crippen LogP contribution in [-0.2, 0) is 9.53 Å². The van der Waals surface area contributed by atoms with Gasteiger partial charge in [0.1, 0.15) is 18.0 Å². The molecule has 1 saturated heterocycles. The third kappa shape index (κ3) is 4.18. The Balaban J connectivity index is 1.42. The number of nitrogens with zero attached hydrogens (tertiary/aromatic N) is 3. The molecule has 154 valence electrons. The number of nitrogens with one attached hydrogen (secondary N) is 1. The van der Waals surface area contributed by atoms with Gasteiger partial charge in [-0.05, 0) is 38.3 Å². The van der Waals surface area contributed by atoms with Crippen molar-refractivity contribution < 1.29 is 13.9 Å². The molecule has 2 aromatic heterocycles. The van der Waals surface area contributed by atoms with Gasteiger partial charge in [0.25, 0.3) is 0 Å². The minimum atomic E-state index is -0.252. The number of anilines is 1. The van der Waals surface area contributed by atoms with Gasteiger partial charge in [-0.2, -0.15) is 0 Å². The Labute approximate surface area is 173 Å². The van der Waals surface area contributed by atoms with Crippen molar-refractivity contribution in [3.8, 4) is 0 Å². The molecule has 0 spiro atoms. The van der Waals surface area contributed by atoms with Gasteiger partial charge in [0, 0.05) is 43.5 Å². The predicted molar refractivity (Wildman–Crippen MR) is 114 cm³/mol. The first-order chi connectivity index (χ1) is 14.2. The standard InChI is InChI=1S/C21H25FN4O2S/c1-2-28-12-4-9-23-21(27)14-7-10-26(11-8-14)20-19-18(24-13-25-20)17-15(22)5-3-6-16(17)29-19/h3,5-6,13-14H,2,4,7-12H2,1H3,(H,23,27). The summed E-state index contributed by atoms with van der Waals surface area (Å²) in [7, 11) is 0. The maximum atomic E-state index is 14.3. The number of fused-ring (bicyclic) bond motifs is 3. The number of aromatic nitrogens is 2. The van der Waals surface area contributed by atoms with Crippen LogP contribution in [0.2, 0.25) is 0 Å². The lowest BCUT2D eigenvalue weighted by atomic mass is 9.96. The first-order valence-corrected chi connectivity index (χ1v) is 10.9. The fourth-order valence-corrected chi connectivity index (χ4v) is 5.01. The molecule has 1 fully saturated rings. The number of benzene rings is 1. The van der Waals surface area contributed by atoms with Crippen LogP contribution in [0.3, 0.4) is 0 Å². The van der Waals surface area contributed by atoms with Crippen LogP contribution in [0.25, 0.3) is 20.3 Å². The topological polar surface area (TPSA) is 67.3 Å². The number of amides is 1. The number of hydrogen-bond acceptors (Lipinski definition) is 6. The molecule has 8 heteroatoms. The summed E-state index contributed by atoms with van der Waals surface area (Å²) in [4.78, 5) is 23.4. The molecule has 1 N–H and O–H groups in total. The molecule has 1 aliphatic rings. The van der Waals surface area contributed by atoms with Gasteiger partial charge >= 0.3 is 0 Å². The molecule has 6 nitrogen and oxygen atoms in total. The molecule has 0 unspecified atom stereocenters. The zero-order chi connectivity index (χ0) is 20.2. The van der Waals surface area contributed by atoms with Crippen LogP contribution in [0.4, 0.5) is 10.2 Å². The van der Waals surface area contributed by atoms with E-state index in [1.807, 2.05) is 13.0 Å². The number of piperidine rings is 1. The fraction of sp³-hybridized carbons (Fsp3) is 0.476. The third-order valence-corrected chi connectivity index (χ3v) is 6.48. The number of rotatable bonds is 7. The van der Waals surface area contributed by atoms with Crippen LogP contribution < -0.4 is 10.2 Å². The van der Waals surface area contributed by atoms with Crippen LogP contribution in [0.1, 0.15) is 26.2 Å². The summed E-state index contributed by atoms with van der Waals surface area (Å²) in [5.74, 6) is 0.734. The van der Waals surface area contributed by atoms with Gasteiger partial charge in [-0.3, -0.25) is 4.79 Å². The molecule has 4 rings (SSSR count). The summed E-state index contributed by atoms with van der Waals surface area (Å²) < 4.78 is 21.4. The fourth-order valence-electron chi connectivity index (χ4n) is 3.82. The zero-order valence-corrected chi connectivity index (χ0v) is 17.3. The molecule has 3 heterocycles. The molecule has 1 aliphatic heterocycles. The predicted octanol–water partition coefficient (Wildman–Crippen LogP) is 3.74. The SMILES string of the molecule is CCOCCCNC(=O)C1CCN(c2ncnc3c2sc2cccc(F)c23)CC1. The lowest BCUT2D eigenvalue weighted by Crippen LogP contribution is -2.41. The average Bonchev–Trinajstić information content (AvgIpc) is 3.13. The van der Waals surface area contributed by atoms with E-state index in [4.69, 9.17) is 4.74 Å². The summed E-state index contributed by atoms with van der Waals surface area (Å²) in [6, 6.07) is 5.10. The monoisotopic (exact) mass is 416 g/mol. The van der Waals surface area contributed by atoms with Crippen molar-refractivity contribution in [2.45, 2.75) is 26.2 Å². The average molecular weight is 417 g/mol. The van der Waals surface area contributed by atoms with Gasteiger partial charge in [-0.1, -0.05) is 6.07 Å². The number of hydrogen-bond donors (Lipinski definition) is 1. The summed E-state index contributed by atoms with van der Waals surface area (Å²) in [5.41, 5.74) is 0.669. The van der Waals surface area contributed by atoms with Crippen LogP contribution in [0, 0.1) is 11.7 Å². The maximum absolute atomic E-state index is 14.3. The second-order valence-corrected chi connectivity index (χ2v) is 8.25. The van der Waals surface area contributed by atoms with E-state index in [1.165, 1.54) is 23.7 Å². The van der Waals surface area contributed by atoms with E-state index in [9.17, 15) is 9.18 Å². The molecule has 0 radical (unpaired) electrons. The van der Waals surface area contributed by atoms with Gasteiger partial charge in [0.05, 0.1) is 15.6 Å². The maximum Gasteiger partial charge on any atom is 0.223 e. The Kier molecular flexibility index (Phi) is 6.20. The van der Waals surface area contributed by atoms with Crippen LogP contribution in [-0.4, -0.2) is 48.7 Å². The molecule has 1 aromatic carbocycles. The Morgan fingerprint density at radius 3 is 2.97 bits per heavy atom. The Morgan fingerprint density at radius 1 is 1.34 bits per heavy atom. The molecule has 0 saturated carbocycles. The highest BCUT2D eigenvalue weighted by Gasteiger charge is 2.27. The Bertz CT molecular complexity index is 1000. The molecular weight excluding hydrogens is 391 g/mol. The summed E-state index contributed by atoms with van der Waals surface area (Å²) >= 11 is 1.52. The normalized spacial score (nSPS) is 15.3. The van der Waals surface area contributed by atoms with E-state index in [2.05, 4.69) is 20.2 Å². The van der Waals surface area contributed by atoms with E-state index >= 15 is 0 Å². The molecular formula is C21H25FN4O2S. The van der Waals surface area contributed by atoms with Gasteiger partial charge < -0.3 is 15.0 Å². The number of carbonyl (C=O) groups is 1. The van der Waals surface area contributed by atoms with E-state index in [-0.39, 0.29) is 17.6 Å². The van der Waals surface area contributed by atoms with E-state index in [0.717, 1.165) is 47.6 Å². The quantitative estimate of drug-likeness (QED) is 0.594. The van der Waals surface area contributed by atoms with Crippen LogP contribution in [0.5, 0.6) is 0 Å². The Morgan fingerprint density at radius 2 is 2.17 bits per heavy atom. The molecule has 0 bridgehead atoms. The summed E-state index contributed by atoms with van der Waals surface area (Å²) in [6.45, 7) is 5.50. The molecule has 0 atom stereocenters. The second-order valence-electron chi connectivity index (χ2n) is 7.19. The van der Waals surface area contributed by atoms with Crippen LogP contribution >= 0.6 is 11.3 Å². The number of ether oxygens (including phenoxy) is 1. The van der Waals surface area contributed by atoms with Crippen molar-refractivity contribution in [1.29, 1.82) is 0 Å². The smallest absolute Gasteiger partial charge is 0.223 e. The van der Waals surface area contributed by atoms with Gasteiger partial charge in [-0.25, -0.2) is 14.4 Å². The molecule has 29 heavy (non-hydrogen) atoms. The van der Waals surface area contributed by atoms with Gasteiger partial charge in [0.2, 0.25) is 5.91 Å². The number of thiophene rings is 1. The minimum Gasteiger partial charge on any atom is -0.382 e. The van der Waals surface area contributed by atoms with Crippen molar-refractivity contribution in [1.82, 2.24) is 15.3 Å². The molecule has 0 aliphatic carbocycles. The molecule has 1 amide bonds. The van der Waals surface area contributed by atoms with E-state index in [1.54, 1.807) is 6.07 Å². The largest absolute Gasteiger partial charge is 0.382 e. The Hall–Kier alpha value is -2.32. The minimum absolute atomic E-state index is 0.0236. The van der Waals surface area contributed by atoms with Crippen LogP contribution in [0.15, 0.2) is 24.5 Å². The molecule has 3 aromatic rings. The first kappa shape index (κ1) is 20.0. The van der Waals surface area contributed by atoms with E-state index < -0.39 is 0 Å². The van der Waals surface area contributed by atoms with Crippen molar-refractivity contribution in [3.05, 3.63) is 30.3 Å². The zero-order valence-electron chi connectivity index (χ0n) is 16.5. The van der Waals surface area contributed by atoms with Crippen molar-refractivity contribution in [2.24, 2.45) is 5.92 Å². The summed E-state index contributed by atoms with van der Waals surface area (Å²) in [5, 5.41) is 3.58. The van der Waals surface area contributed by atoms with Crippen molar-refractivity contribution >= 4 is 43.4 Å². The highest BCUT2D eigenvalue weighted by molar-refractivity contribution is 7.26.